The van der Waals surface area contributed by atoms with E-state index in [0.29, 0.717) is 10.9 Å². The lowest BCUT2D eigenvalue weighted by molar-refractivity contribution is 0.350. The van der Waals surface area contributed by atoms with Crippen molar-refractivity contribution in [2.24, 2.45) is 0 Å². The van der Waals surface area contributed by atoms with E-state index in [9.17, 15) is 8.42 Å². The summed E-state index contributed by atoms with van der Waals surface area (Å²) in [5.74, 6) is 0.731. The van der Waals surface area contributed by atoms with Gasteiger partial charge in [-0.3, -0.25) is 0 Å². The summed E-state index contributed by atoms with van der Waals surface area (Å²) in [5, 5.41) is 0. The average molecular weight is 399 g/mol. The minimum atomic E-state index is -3.62. The van der Waals surface area contributed by atoms with Crippen molar-refractivity contribution >= 4 is 21.2 Å². The van der Waals surface area contributed by atoms with Crippen LogP contribution in [-0.4, -0.2) is 23.0 Å². The number of hydrogen-bond donors (Lipinski definition) is 1. The number of rotatable bonds is 5. The number of hydrogen-bond acceptors (Lipinski definition) is 4. The molecule has 1 aliphatic carbocycles. The molecule has 0 amide bonds. The highest BCUT2D eigenvalue weighted by Gasteiger charge is 2.24. The molecule has 4 rings (SSSR count). The smallest absolute Gasteiger partial charge is 0.241 e. The number of aryl methyl sites for hydroxylation is 2. The van der Waals surface area contributed by atoms with Crippen LogP contribution < -0.4 is 4.72 Å². The van der Waals surface area contributed by atoms with Crippen molar-refractivity contribution in [1.29, 1.82) is 0 Å². The molecule has 2 heterocycles. The Morgan fingerprint density at radius 1 is 1.14 bits per heavy atom. The molecule has 7 heteroatoms. The van der Waals surface area contributed by atoms with Crippen LogP contribution in [0.2, 0.25) is 0 Å². The van der Waals surface area contributed by atoms with Gasteiger partial charge in [0.2, 0.25) is 10.0 Å². The zero-order valence-corrected chi connectivity index (χ0v) is 17.2. The summed E-state index contributed by atoms with van der Waals surface area (Å²) in [5.41, 5.74) is 3.31. The number of nitrogens with zero attached hydrogens (tertiary/aromatic N) is 3. The molecule has 1 N–H and O–H groups in total. The molecule has 2 aromatic heterocycles. The summed E-state index contributed by atoms with van der Waals surface area (Å²) >= 11 is 0. The van der Waals surface area contributed by atoms with E-state index in [2.05, 4.69) is 14.3 Å². The van der Waals surface area contributed by atoms with Crippen molar-refractivity contribution in [1.82, 2.24) is 19.3 Å². The van der Waals surface area contributed by atoms with Crippen LogP contribution in [0.15, 0.2) is 41.4 Å². The van der Waals surface area contributed by atoms with Crippen LogP contribution in [0.3, 0.4) is 0 Å². The van der Waals surface area contributed by atoms with Crippen LogP contribution in [0.4, 0.5) is 0 Å². The molecular weight excluding hydrogens is 372 g/mol. The molecule has 0 unspecified atom stereocenters. The van der Waals surface area contributed by atoms with Gasteiger partial charge in [-0.05, 0) is 56.0 Å². The number of pyridine rings is 1. The molecule has 1 aliphatic rings. The van der Waals surface area contributed by atoms with Crippen molar-refractivity contribution in [3.63, 3.8) is 0 Å². The second kappa shape index (κ2) is 7.64. The molecule has 0 atom stereocenters. The fourth-order valence-electron chi connectivity index (χ4n) is 4.06. The van der Waals surface area contributed by atoms with Gasteiger partial charge in [0, 0.05) is 12.2 Å². The van der Waals surface area contributed by atoms with Gasteiger partial charge < -0.3 is 4.57 Å². The minimum absolute atomic E-state index is 0.155. The zero-order valence-electron chi connectivity index (χ0n) is 16.4. The topological polar surface area (TPSA) is 76.9 Å². The second-order valence-corrected chi connectivity index (χ2v) is 9.36. The van der Waals surface area contributed by atoms with Gasteiger partial charge in [0.15, 0.2) is 5.65 Å². The van der Waals surface area contributed by atoms with Gasteiger partial charge in [-0.1, -0.05) is 31.4 Å². The molecule has 3 aromatic rings. The number of fused-ring (bicyclic) bond motifs is 1. The van der Waals surface area contributed by atoms with E-state index < -0.39 is 10.0 Å². The predicted molar refractivity (Wildman–Crippen MR) is 110 cm³/mol. The largest absolute Gasteiger partial charge is 0.308 e. The van der Waals surface area contributed by atoms with E-state index in [-0.39, 0.29) is 6.54 Å². The molecule has 0 bridgehead atoms. The van der Waals surface area contributed by atoms with Crippen molar-refractivity contribution in [3.05, 3.63) is 53.5 Å². The van der Waals surface area contributed by atoms with Crippen LogP contribution in [0.25, 0.3) is 11.2 Å². The van der Waals surface area contributed by atoms with Gasteiger partial charge >= 0.3 is 0 Å². The van der Waals surface area contributed by atoms with Crippen molar-refractivity contribution in [2.45, 2.75) is 63.4 Å². The van der Waals surface area contributed by atoms with Gasteiger partial charge in [0.1, 0.15) is 11.3 Å². The molecule has 0 aliphatic heterocycles. The summed E-state index contributed by atoms with van der Waals surface area (Å²) in [6.07, 6.45) is 7.56. The van der Waals surface area contributed by atoms with Crippen LogP contribution in [0, 0.1) is 13.8 Å². The lowest BCUT2D eigenvalue weighted by Crippen LogP contribution is -2.27. The Hall–Kier alpha value is -2.25. The number of sulfonamides is 1. The van der Waals surface area contributed by atoms with E-state index >= 15 is 0 Å². The van der Waals surface area contributed by atoms with Crippen molar-refractivity contribution in [3.8, 4) is 0 Å². The van der Waals surface area contributed by atoms with Crippen LogP contribution in [0.5, 0.6) is 0 Å². The maximum atomic E-state index is 12.9. The van der Waals surface area contributed by atoms with Gasteiger partial charge in [-0.15, -0.1) is 0 Å². The Labute approximate surface area is 166 Å². The van der Waals surface area contributed by atoms with E-state index in [0.717, 1.165) is 41.0 Å². The first-order valence-electron chi connectivity index (χ1n) is 9.84. The molecule has 28 heavy (non-hydrogen) atoms. The summed E-state index contributed by atoms with van der Waals surface area (Å²) in [6, 6.07) is 9.60. The summed E-state index contributed by atoms with van der Waals surface area (Å²) < 4.78 is 30.7. The molecule has 0 spiro atoms. The standard InChI is InChI=1S/C21H26N4O2S/c1-15-10-11-16(2)19(13-15)28(26,27)23-14-20-24-18-9-6-12-22-21(18)25(20)17-7-4-3-5-8-17/h6,9-13,17,23H,3-5,7-8,14H2,1-2H3. The summed E-state index contributed by atoms with van der Waals surface area (Å²) in [7, 11) is -3.62. The van der Waals surface area contributed by atoms with Gasteiger partial charge in [0.25, 0.3) is 0 Å². The van der Waals surface area contributed by atoms with Crippen LogP contribution in [-0.2, 0) is 16.6 Å². The SMILES string of the molecule is Cc1ccc(C)c(S(=O)(=O)NCc2nc3cccnc3n2C2CCCCC2)c1. The lowest BCUT2D eigenvalue weighted by Gasteiger charge is -2.25. The third-order valence-corrected chi connectivity index (χ3v) is 7.06. The van der Waals surface area contributed by atoms with Gasteiger partial charge in [-0.25, -0.2) is 23.1 Å². The Morgan fingerprint density at radius 2 is 1.93 bits per heavy atom. The quantitative estimate of drug-likeness (QED) is 0.704. The van der Waals surface area contributed by atoms with E-state index in [1.54, 1.807) is 12.3 Å². The molecular formula is C21H26N4O2S. The highest BCUT2D eigenvalue weighted by Crippen LogP contribution is 2.32. The van der Waals surface area contributed by atoms with E-state index in [1.165, 1.54) is 19.3 Å². The predicted octanol–water partition coefficient (Wildman–Crippen LogP) is 4.03. The molecule has 1 saturated carbocycles. The van der Waals surface area contributed by atoms with Crippen molar-refractivity contribution in [2.75, 3.05) is 0 Å². The molecule has 0 radical (unpaired) electrons. The molecule has 1 aromatic carbocycles. The number of imidazole rings is 1. The Morgan fingerprint density at radius 3 is 2.71 bits per heavy atom. The number of aromatic nitrogens is 3. The zero-order chi connectivity index (χ0) is 19.7. The number of benzene rings is 1. The fraction of sp³-hybridized carbons (Fsp3) is 0.429. The van der Waals surface area contributed by atoms with Gasteiger partial charge in [-0.2, -0.15) is 0 Å². The highest BCUT2D eigenvalue weighted by atomic mass is 32.2. The van der Waals surface area contributed by atoms with Crippen LogP contribution in [0.1, 0.15) is 55.1 Å². The Kier molecular flexibility index (Phi) is 5.21. The second-order valence-electron chi connectivity index (χ2n) is 7.63. The van der Waals surface area contributed by atoms with Crippen molar-refractivity contribution < 1.29 is 8.42 Å². The molecule has 6 nitrogen and oxygen atoms in total. The fourth-order valence-corrected chi connectivity index (χ4v) is 5.37. The average Bonchev–Trinajstić information content (AvgIpc) is 3.07. The first-order valence-corrected chi connectivity index (χ1v) is 11.3. The first-order chi connectivity index (χ1) is 13.5. The number of nitrogens with one attached hydrogen (secondary N) is 1. The minimum Gasteiger partial charge on any atom is -0.308 e. The lowest BCUT2D eigenvalue weighted by atomic mass is 9.95. The van der Waals surface area contributed by atoms with Crippen LogP contribution >= 0.6 is 0 Å². The maximum absolute atomic E-state index is 12.9. The molecule has 148 valence electrons. The summed E-state index contributed by atoms with van der Waals surface area (Å²) in [4.78, 5) is 9.55. The third-order valence-electron chi connectivity index (χ3n) is 5.52. The first kappa shape index (κ1) is 19.1. The van der Waals surface area contributed by atoms with E-state index in [1.807, 2.05) is 38.1 Å². The summed E-state index contributed by atoms with van der Waals surface area (Å²) in [6.45, 7) is 3.87. The monoisotopic (exact) mass is 398 g/mol. The van der Waals surface area contributed by atoms with E-state index in [4.69, 9.17) is 4.98 Å². The molecule has 0 saturated heterocycles. The maximum Gasteiger partial charge on any atom is 0.241 e. The Balaban J connectivity index is 1.67. The normalized spacial score (nSPS) is 15.9. The highest BCUT2D eigenvalue weighted by molar-refractivity contribution is 7.89. The third kappa shape index (κ3) is 3.69. The Bertz CT molecular complexity index is 1100. The van der Waals surface area contributed by atoms with Gasteiger partial charge in [0.05, 0.1) is 11.4 Å². The molecule has 1 fully saturated rings.